The maximum atomic E-state index is 11.7. The first-order valence-electron chi connectivity index (χ1n) is 5.34. The number of likely N-dealkylation sites (N-methyl/N-ethyl adjacent to an activating group) is 1. The summed E-state index contributed by atoms with van der Waals surface area (Å²) < 4.78 is 0. The Morgan fingerprint density at radius 1 is 1.53 bits per heavy atom. The van der Waals surface area contributed by atoms with Gasteiger partial charge in [-0.25, -0.2) is 4.98 Å². The molecule has 1 aromatic rings. The minimum atomic E-state index is -0.586. The monoisotopic (exact) mass is 236 g/mol. The molecule has 1 aromatic heterocycles. The zero-order chi connectivity index (χ0) is 12.8. The molecule has 1 unspecified atom stereocenters. The normalized spacial score (nSPS) is 11.6. The van der Waals surface area contributed by atoms with E-state index < -0.39 is 6.04 Å². The summed E-state index contributed by atoms with van der Waals surface area (Å²) in [7, 11) is 0. The van der Waals surface area contributed by atoms with Crippen LogP contribution in [0.4, 0.5) is 5.82 Å². The zero-order valence-corrected chi connectivity index (χ0v) is 9.86. The second-order valence-corrected chi connectivity index (χ2v) is 3.56. The molecule has 0 spiro atoms. The van der Waals surface area contributed by atoms with Crippen LogP contribution in [0.3, 0.4) is 0 Å². The molecular formula is C11H16N4O2. The van der Waals surface area contributed by atoms with Crippen molar-refractivity contribution in [2.45, 2.75) is 19.9 Å². The van der Waals surface area contributed by atoms with Crippen LogP contribution in [0.5, 0.6) is 0 Å². The van der Waals surface area contributed by atoms with Gasteiger partial charge in [0.2, 0.25) is 5.91 Å². The van der Waals surface area contributed by atoms with Crippen molar-refractivity contribution in [3.8, 4) is 0 Å². The van der Waals surface area contributed by atoms with Crippen LogP contribution in [-0.2, 0) is 4.79 Å². The van der Waals surface area contributed by atoms with Gasteiger partial charge in [-0.1, -0.05) is 0 Å². The number of rotatable bonds is 4. The zero-order valence-electron chi connectivity index (χ0n) is 9.86. The van der Waals surface area contributed by atoms with Gasteiger partial charge in [0, 0.05) is 18.3 Å². The molecule has 0 aromatic carbocycles. The highest BCUT2D eigenvalue weighted by molar-refractivity contribution is 5.97. The van der Waals surface area contributed by atoms with Crippen LogP contribution in [0.15, 0.2) is 18.3 Å². The molecule has 1 heterocycles. The van der Waals surface area contributed by atoms with Crippen LogP contribution in [-0.4, -0.2) is 29.4 Å². The number of nitrogens with one attached hydrogen (secondary N) is 2. The summed E-state index contributed by atoms with van der Waals surface area (Å²) in [5.41, 5.74) is 5.85. The Bertz CT molecular complexity index is 420. The van der Waals surface area contributed by atoms with Gasteiger partial charge in [-0.3, -0.25) is 9.59 Å². The Morgan fingerprint density at radius 3 is 2.82 bits per heavy atom. The van der Waals surface area contributed by atoms with Gasteiger partial charge in [-0.15, -0.1) is 0 Å². The molecule has 0 saturated carbocycles. The predicted octanol–water partition coefficient (Wildman–Crippen LogP) is -0.0818. The van der Waals surface area contributed by atoms with Crippen molar-refractivity contribution in [2.75, 3.05) is 12.3 Å². The summed E-state index contributed by atoms with van der Waals surface area (Å²) >= 11 is 0. The molecule has 1 rings (SSSR count). The number of amides is 2. The molecule has 0 aliphatic heterocycles. The Labute approximate surface area is 99.6 Å². The minimum absolute atomic E-state index is 0.220. The molecule has 6 nitrogen and oxygen atoms in total. The third-order valence-corrected chi connectivity index (χ3v) is 2.14. The van der Waals surface area contributed by atoms with E-state index in [2.05, 4.69) is 15.6 Å². The molecule has 0 saturated heterocycles. The third-order valence-electron chi connectivity index (χ3n) is 2.14. The molecule has 92 valence electrons. The lowest BCUT2D eigenvalue weighted by Crippen LogP contribution is -2.44. The molecule has 17 heavy (non-hydrogen) atoms. The second kappa shape index (κ2) is 5.83. The number of hydrogen-bond acceptors (Lipinski definition) is 4. The molecule has 6 heteroatoms. The van der Waals surface area contributed by atoms with Gasteiger partial charge in [0.05, 0.1) is 0 Å². The fraction of sp³-hybridized carbons (Fsp3) is 0.364. The van der Waals surface area contributed by atoms with Crippen molar-refractivity contribution >= 4 is 17.6 Å². The van der Waals surface area contributed by atoms with Crippen LogP contribution < -0.4 is 16.4 Å². The van der Waals surface area contributed by atoms with Gasteiger partial charge in [0.15, 0.2) is 0 Å². The lowest BCUT2D eigenvalue weighted by atomic mass is 10.2. The third kappa shape index (κ3) is 3.75. The SMILES string of the molecule is CCNC(=O)C(C)NC(=O)c1ccnc(N)c1. The summed E-state index contributed by atoms with van der Waals surface area (Å²) in [6.45, 7) is 3.96. The smallest absolute Gasteiger partial charge is 0.252 e. The first-order chi connectivity index (χ1) is 8.04. The molecule has 0 bridgehead atoms. The lowest BCUT2D eigenvalue weighted by Gasteiger charge is -2.13. The highest BCUT2D eigenvalue weighted by Gasteiger charge is 2.15. The van der Waals surface area contributed by atoms with E-state index in [-0.39, 0.29) is 17.6 Å². The summed E-state index contributed by atoms with van der Waals surface area (Å²) in [6, 6.07) is 2.41. The van der Waals surface area contributed by atoms with E-state index in [4.69, 9.17) is 5.73 Å². The van der Waals surface area contributed by atoms with E-state index in [1.807, 2.05) is 6.92 Å². The van der Waals surface area contributed by atoms with Crippen molar-refractivity contribution in [2.24, 2.45) is 0 Å². The van der Waals surface area contributed by atoms with Crippen LogP contribution in [0, 0.1) is 0 Å². The summed E-state index contributed by atoms with van der Waals surface area (Å²) in [5.74, 6) is -0.302. The highest BCUT2D eigenvalue weighted by atomic mass is 16.2. The first kappa shape index (κ1) is 13.0. The van der Waals surface area contributed by atoms with Crippen LogP contribution >= 0.6 is 0 Å². The van der Waals surface area contributed by atoms with E-state index in [0.29, 0.717) is 12.1 Å². The second-order valence-electron chi connectivity index (χ2n) is 3.56. The van der Waals surface area contributed by atoms with Crippen molar-refractivity contribution in [1.29, 1.82) is 0 Å². The fourth-order valence-electron chi connectivity index (χ4n) is 1.26. The van der Waals surface area contributed by atoms with Gasteiger partial charge >= 0.3 is 0 Å². The van der Waals surface area contributed by atoms with Crippen molar-refractivity contribution in [3.05, 3.63) is 23.9 Å². The molecule has 2 amide bonds. The number of nitrogens with two attached hydrogens (primary N) is 1. The van der Waals surface area contributed by atoms with Gasteiger partial charge in [0.1, 0.15) is 11.9 Å². The van der Waals surface area contributed by atoms with Crippen LogP contribution in [0.25, 0.3) is 0 Å². The number of nitrogen functional groups attached to an aromatic ring is 1. The standard InChI is InChI=1S/C11H16N4O2/c1-3-13-10(16)7(2)15-11(17)8-4-5-14-9(12)6-8/h4-7H,3H2,1-2H3,(H2,12,14)(H,13,16)(H,15,17). The first-order valence-corrected chi connectivity index (χ1v) is 5.34. The van der Waals surface area contributed by atoms with Gasteiger partial charge in [-0.05, 0) is 26.0 Å². The molecular weight excluding hydrogens is 220 g/mol. The quantitative estimate of drug-likeness (QED) is 0.681. The fourth-order valence-corrected chi connectivity index (χ4v) is 1.26. The number of anilines is 1. The molecule has 0 aliphatic rings. The number of pyridine rings is 1. The number of aromatic nitrogens is 1. The maximum absolute atomic E-state index is 11.7. The number of nitrogens with zero attached hydrogens (tertiary/aromatic N) is 1. The van der Waals surface area contributed by atoms with E-state index in [9.17, 15) is 9.59 Å². The van der Waals surface area contributed by atoms with E-state index in [0.717, 1.165) is 0 Å². The number of carbonyl (C=O) groups excluding carboxylic acids is 2. The molecule has 4 N–H and O–H groups in total. The Hall–Kier alpha value is -2.11. The van der Waals surface area contributed by atoms with E-state index in [1.54, 1.807) is 6.92 Å². The summed E-state index contributed by atoms with van der Waals surface area (Å²) in [6.07, 6.45) is 1.45. The lowest BCUT2D eigenvalue weighted by molar-refractivity contribution is -0.122. The van der Waals surface area contributed by atoms with Gasteiger partial charge in [-0.2, -0.15) is 0 Å². The van der Waals surface area contributed by atoms with Crippen molar-refractivity contribution in [3.63, 3.8) is 0 Å². The summed E-state index contributed by atoms with van der Waals surface area (Å²) in [5, 5.41) is 5.20. The average molecular weight is 236 g/mol. The van der Waals surface area contributed by atoms with E-state index >= 15 is 0 Å². The van der Waals surface area contributed by atoms with E-state index in [1.165, 1.54) is 18.3 Å². The van der Waals surface area contributed by atoms with Gasteiger partial charge < -0.3 is 16.4 Å². The molecule has 0 aliphatic carbocycles. The Kier molecular flexibility index (Phi) is 4.45. The predicted molar refractivity (Wildman–Crippen MR) is 64.3 cm³/mol. The van der Waals surface area contributed by atoms with Crippen LogP contribution in [0.2, 0.25) is 0 Å². The van der Waals surface area contributed by atoms with Gasteiger partial charge in [0.25, 0.3) is 5.91 Å². The largest absolute Gasteiger partial charge is 0.384 e. The topological polar surface area (TPSA) is 97.1 Å². The maximum Gasteiger partial charge on any atom is 0.252 e. The van der Waals surface area contributed by atoms with Crippen molar-refractivity contribution < 1.29 is 9.59 Å². The Morgan fingerprint density at radius 2 is 2.24 bits per heavy atom. The van der Waals surface area contributed by atoms with Crippen molar-refractivity contribution in [1.82, 2.24) is 15.6 Å². The molecule has 1 atom stereocenters. The summed E-state index contributed by atoms with van der Waals surface area (Å²) in [4.78, 5) is 26.9. The highest BCUT2D eigenvalue weighted by Crippen LogP contribution is 2.03. The Balaban J connectivity index is 2.63. The average Bonchev–Trinajstić information content (AvgIpc) is 2.29. The number of hydrogen-bond donors (Lipinski definition) is 3. The molecule has 0 fully saturated rings. The van der Waals surface area contributed by atoms with Crippen LogP contribution in [0.1, 0.15) is 24.2 Å². The molecule has 0 radical (unpaired) electrons. The minimum Gasteiger partial charge on any atom is -0.384 e. The number of carbonyl (C=O) groups is 2.